The van der Waals surface area contributed by atoms with Crippen LogP contribution in [0.2, 0.25) is 0 Å². The van der Waals surface area contributed by atoms with Crippen LogP contribution in [0.4, 0.5) is 0 Å². The maximum absolute atomic E-state index is 11.9. The van der Waals surface area contributed by atoms with Crippen LogP contribution in [0.5, 0.6) is 0 Å². The number of carbonyl (C=O) groups is 2. The molecule has 1 saturated carbocycles. The molecule has 1 aliphatic rings. The lowest BCUT2D eigenvalue weighted by Crippen LogP contribution is -2.31. The highest BCUT2D eigenvalue weighted by Gasteiger charge is 2.29. The molecular weight excluding hydrogens is 240 g/mol. The molecule has 1 fully saturated rings. The lowest BCUT2D eigenvalue weighted by atomic mass is 9.89. The number of ketones is 1. The molecule has 0 saturated heterocycles. The average Bonchev–Trinajstić information content (AvgIpc) is 2.42. The van der Waals surface area contributed by atoms with E-state index in [-0.39, 0.29) is 5.78 Å². The molecule has 0 bridgehead atoms. The maximum Gasteiger partial charge on any atom is 0.338 e. The molecule has 3 nitrogen and oxygen atoms in total. The molecular formula is C16H18O3. The van der Waals surface area contributed by atoms with Crippen LogP contribution >= 0.6 is 0 Å². The smallest absolute Gasteiger partial charge is 0.338 e. The molecule has 0 amide bonds. The Kier molecular flexibility index (Phi) is 4.15. The largest absolute Gasteiger partial charge is 0.450 e. The van der Waals surface area contributed by atoms with Gasteiger partial charge in [-0.2, -0.15) is 0 Å². The Morgan fingerprint density at radius 3 is 2.47 bits per heavy atom. The van der Waals surface area contributed by atoms with Crippen LogP contribution in [0, 0.1) is 0 Å². The fraction of sp³-hybridized carbons (Fsp3) is 0.375. The number of ether oxygens (including phenoxy) is 1. The summed E-state index contributed by atoms with van der Waals surface area (Å²) in [5.41, 5.74) is 2.93. The van der Waals surface area contributed by atoms with E-state index in [2.05, 4.69) is 0 Å². The van der Waals surface area contributed by atoms with Gasteiger partial charge in [0.15, 0.2) is 11.9 Å². The van der Waals surface area contributed by atoms with Gasteiger partial charge in [0, 0.05) is 12.8 Å². The van der Waals surface area contributed by atoms with E-state index < -0.39 is 12.1 Å². The SMILES string of the molecule is CC(C)=C1CCC(=O)[C@@H](OC(=O)c2ccccc2)C1. The number of esters is 1. The van der Waals surface area contributed by atoms with Crippen molar-refractivity contribution in [2.24, 2.45) is 0 Å². The monoisotopic (exact) mass is 258 g/mol. The second-order valence-corrected chi connectivity index (χ2v) is 5.03. The van der Waals surface area contributed by atoms with Crippen molar-refractivity contribution in [1.82, 2.24) is 0 Å². The number of carbonyl (C=O) groups excluding carboxylic acids is 2. The Balaban J connectivity index is 2.07. The summed E-state index contributed by atoms with van der Waals surface area (Å²) in [6, 6.07) is 8.78. The first-order valence-electron chi connectivity index (χ1n) is 6.52. The van der Waals surface area contributed by atoms with Crippen molar-refractivity contribution in [3.63, 3.8) is 0 Å². The second kappa shape index (κ2) is 5.83. The van der Waals surface area contributed by atoms with Crippen molar-refractivity contribution in [2.45, 2.75) is 39.2 Å². The molecule has 0 aliphatic heterocycles. The minimum Gasteiger partial charge on any atom is -0.450 e. The fourth-order valence-corrected chi connectivity index (χ4v) is 2.21. The molecule has 0 heterocycles. The van der Waals surface area contributed by atoms with Crippen LogP contribution in [-0.4, -0.2) is 17.9 Å². The van der Waals surface area contributed by atoms with Crippen LogP contribution in [0.25, 0.3) is 0 Å². The topological polar surface area (TPSA) is 43.4 Å². The highest BCUT2D eigenvalue weighted by atomic mass is 16.5. The van der Waals surface area contributed by atoms with E-state index in [1.54, 1.807) is 24.3 Å². The third-order valence-corrected chi connectivity index (χ3v) is 3.43. The minimum absolute atomic E-state index is 0.0225. The van der Waals surface area contributed by atoms with Crippen molar-refractivity contribution >= 4 is 11.8 Å². The first-order chi connectivity index (χ1) is 9.08. The van der Waals surface area contributed by atoms with Crippen LogP contribution in [0.1, 0.15) is 43.5 Å². The van der Waals surface area contributed by atoms with E-state index in [9.17, 15) is 9.59 Å². The number of Topliss-reactive ketones (excluding diaryl/α,β-unsaturated/α-hetero) is 1. The van der Waals surface area contributed by atoms with Crippen molar-refractivity contribution in [2.75, 3.05) is 0 Å². The van der Waals surface area contributed by atoms with Crippen molar-refractivity contribution in [1.29, 1.82) is 0 Å². The third-order valence-electron chi connectivity index (χ3n) is 3.43. The summed E-state index contributed by atoms with van der Waals surface area (Å²) in [7, 11) is 0. The molecule has 0 N–H and O–H groups in total. The highest BCUT2D eigenvalue weighted by Crippen LogP contribution is 2.26. The predicted molar refractivity (Wildman–Crippen MR) is 72.9 cm³/mol. The van der Waals surface area contributed by atoms with Crippen molar-refractivity contribution in [3.05, 3.63) is 47.0 Å². The van der Waals surface area contributed by atoms with Gasteiger partial charge >= 0.3 is 5.97 Å². The molecule has 0 radical (unpaired) electrons. The highest BCUT2D eigenvalue weighted by molar-refractivity contribution is 5.93. The van der Waals surface area contributed by atoms with Crippen LogP contribution < -0.4 is 0 Å². The van der Waals surface area contributed by atoms with E-state index in [0.29, 0.717) is 18.4 Å². The van der Waals surface area contributed by atoms with Crippen molar-refractivity contribution in [3.8, 4) is 0 Å². The number of rotatable bonds is 2. The zero-order chi connectivity index (χ0) is 13.8. The van der Waals surface area contributed by atoms with E-state index in [1.165, 1.54) is 11.1 Å². The van der Waals surface area contributed by atoms with E-state index in [0.717, 1.165) is 6.42 Å². The molecule has 0 aromatic heterocycles. The van der Waals surface area contributed by atoms with Gasteiger partial charge in [-0.1, -0.05) is 29.3 Å². The average molecular weight is 258 g/mol. The van der Waals surface area contributed by atoms with Gasteiger partial charge < -0.3 is 4.74 Å². The van der Waals surface area contributed by atoms with Gasteiger partial charge in [0.1, 0.15) is 0 Å². The van der Waals surface area contributed by atoms with Gasteiger partial charge in [-0.3, -0.25) is 4.79 Å². The molecule has 1 aliphatic carbocycles. The number of hydrogen-bond acceptors (Lipinski definition) is 3. The first kappa shape index (κ1) is 13.5. The Morgan fingerprint density at radius 2 is 1.84 bits per heavy atom. The number of benzene rings is 1. The lowest BCUT2D eigenvalue weighted by molar-refractivity contribution is -0.128. The summed E-state index contributed by atoms with van der Waals surface area (Å²) in [6.07, 6.45) is 1.18. The van der Waals surface area contributed by atoms with Crippen LogP contribution in [0.15, 0.2) is 41.5 Å². The molecule has 0 spiro atoms. The molecule has 1 aromatic carbocycles. The minimum atomic E-state index is -0.619. The first-order valence-corrected chi connectivity index (χ1v) is 6.52. The van der Waals surface area contributed by atoms with Crippen LogP contribution in [-0.2, 0) is 9.53 Å². The summed E-state index contributed by atoms with van der Waals surface area (Å²) in [5.74, 6) is -0.400. The van der Waals surface area contributed by atoms with Crippen LogP contribution in [0.3, 0.4) is 0 Å². The fourth-order valence-electron chi connectivity index (χ4n) is 2.21. The third kappa shape index (κ3) is 3.31. The predicted octanol–water partition coefficient (Wildman–Crippen LogP) is 3.30. The molecule has 19 heavy (non-hydrogen) atoms. The normalized spacial score (nSPS) is 19.2. The van der Waals surface area contributed by atoms with Crippen molar-refractivity contribution < 1.29 is 14.3 Å². The standard InChI is InChI=1S/C16H18O3/c1-11(2)13-8-9-14(17)15(10-13)19-16(18)12-6-4-3-5-7-12/h3-7,15H,8-10H2,1-2H3/t15-/m0/s1. The van der Waals surface area contributed by atoms with Gasteiger partial charge in [0.25, 0.3) is 0 Å². The summed E-state index contributed by atoms with van der Waals surface area (Å²) in [5, 5.41) is 0. The Labute approximate surface area is 113 Å². The molecule has 2 rings (SSSR count). The van der Waals surface area contributed by atoms with Gasteiger partial charge in [-0.05, 0) is 32.4 Å². The van der Waals surface area contributed by atoms with Gasteiger partial charge in [0.2, 0.25) is 0 Å². The number of allylic oxidation sites excluding steroid dienone is 1. The number of hydrogen-bond donors (Lipinski definition) is 0. The Morgan fingerprint density at radius 1 is 1.16 bits per heavy atom. The maximum atomic E-state index is 11.9. The molecule has 0 unspecified atom stereocenters. The zero-order valence-electron chi connectivity index (χ0n) is 11.3. The van der Waals surface area contributed by atoms with E-state index in [1.807, 2.05) is 19.9 Å². The second-order valence-electron chi connectivity index (χ2n) is 5.03. The Bertz CT molecular complexity index is 510. The summed E-state index contributed by atoms with van der Waals surface area (Å²) in [4.78, 5) is 23.8. The Hall–Kier alpha value is -1.90. The summed E-state index contributed by atoms with van der Waals surface area (Å²) < 4.78 is 5.35. The van der Waals surface area contributed by atoms with Gasteiger partial charge in [-0.15, -0.1) is 0 Å². The molecule has 1 aromatic rings. The van der Waals surface area contributed by atoms with E-state index in [4.69, 9.17) is 4.74 Å². The lowest BCUT2D eigenvalue weighted by Gasteiger charge is -2.24. The summed E-state index contributed by atoms with van der Waals surface area (Å²) in [6.45, 7) is 4.06. The van der Waals surface area contributed by atoms with Gasteiger partial charge in [0.05, 0.1) is 5.56 Å². The molecule has 3 heteroatoms. The zero-order valence-corrected chi connectivity index (χ0v) is 11.3. The van der Waals surface area contributed by atoms with E-state index >= 15 is 0 Å². The van der Waals surface area contributed by atoms with Gasteiger partial charge in [-0.25, -0.2) is 4.79 Å². The summed E-state index contributed by atoms with van der Waals surface area (Å²) >= 11 is 0. The quantitative estimate of drug-likeness (QED) is 0.604. The molecule has 100 valence electrons. The molecule has 1 atom stereocenters.